The monoisotopic (exact) mass is 378 g/mol. The number of hydrogen-bond acceptors (Lipinski definition) is 3. The normalized spacial score (nSPS) is 13.0. The molecule has 5 nitrogen and oxygen atoms in total. The van der Waals surface area contributed by atoms with Gasteiger partial charge in [0.2, 0.25) is 0 Å². The Labute approximate surface area is 158 Å². The highest BCUT2D eigenvalue weighted by molar-refractivity contribution is 6.30. The quantitative estimate of drug-likeness (QED) is 0.447. The number of aromatic nitrogens is 3. The lowest BCUT2D eigenvalue weighted by Crippen LogP contribution is -2.23. The maximum Gasteiger partial charge on any atom is 0.282 e. The minimum absolute atomic E-state index is 0.199. The van der Waals surface area contributed by atoms with Gasteiger partial charge in [0.1, 0.15) is 11.5 Å². The smallest absolute Gasteiger partial charge is 0.282 e. The molecular formula is C20H12ClFN4O. The van der Waals surface area contributed by atoms with Crippen LogP contribution in [-0.4, -0.2) is 19.9 Å². The van der Waals surface area contributed by atoms with E-state index in [2.05, 4.69) is 10.1 Å². The Bertz CT molecular complexity index is 1290. The minimum Gasteiger partial charge on any atom is -0.339 e. The van der Waals surface area contributed by atoms with Gasteiger partial charge in [0.15, 0.2) is 5.82 Å². The molecule has 2 aromatic heterocycles. The van der Waals surface area contributed by atoms with Crippen molar-refractivity contribution in [2.75, 3.05) is 0 Å². The molecular weight excluding hydrogens is 367 g/mol. The lowest BCUT2D eigenvalue weighted by molar-refractivity contribution is 0.628. The largest absolute Gasteiger partial charge is 0.339 e. The Balaban J connectivity index is 1.84. The van der Waals surface area contributed by atoms with Gasteiger partial charge in [0, 0.05) is 16.8 Å². The fourth-order valence-electron chi connectivity index (χ4n) is 3.28. The lowest BCUT2D eigenvalue weighted by atomic mass is 10.1. The maximum atomic E-state index is 13.6. The summed E-state index contributed by atoms with van der Waals surface area (Å²) in [7, 11) is 0. The summed E-state index contributed by atoms with van der Waals surface area (Å²) in [6.45, 7) is 0.380. The molecule has 0 N–H and O–H groups in total. The number of benzene rings is 2. The SMILES string of the molecule is O=c1c2cc(F)ccc2nc2n1N=C(c1ccc(Cl)cc1)c1cccn1C2. The van der Waals surface area contributed by atoms with Crippen LogP contribution in [0.15, 0.2) is 70.7 Å². The van der Waals surface area contributed by atoms with Crippen molar-refractivity contribution in [3.63, 3.8) is 0 Å². The Morgan fingerprint density at radius 3 is 2.70 bits per heavy atom. The van der Waals surface area contributed by atoms with Gasteiger partial charge in [-0.2, -0.15) is 9.78 Å². The Morgan fingerprint density at radius 2 is 1.89 bits per heavy atom. The van der Waals surface area contributed by atoms with Crippen LogP contribution in [-0.2, 0) is 6.54 Å². The van der Waals surface area contributed by atoms with Crippen LogP contribution >= 0.6 is 11.6 Å². The van der Waals surface area contributed by atoms with Crippen LogP contribution in [0.4, 0.5) is 4.39 Å². The zero-order valence-electron chi connectivity index (χ0n) is 13.9. The van der Waals surface area contributed by atoms with Crippen molar-refractivity contribution < 1.29 is 4.39 Å². The van der Waals surface area contributed by atoms with E-state index in [1.807, 2.05) is 35.0 Å². The van der Waals surface area contributed by atoms with Crippen LogP contribution in [0.2, 0.25) is 5.02 Å². The highest BCUT2D eigenvalue weighted by Crippen LogP contribution is 2.20. The second kappa shape index (κ2) is 5.89. The molecule has 0 fully saturated rings. The fourth-order valence-corrected chi connectivity index (χ4v) is 3.41. The molecule has 0 saturated heterocycles. The van der Waals surface area contributed by atoms with E-state index in [9.17, 15) is 9.18 Å². The second-order valence-corrected chi connectivity index (χ2v) is 6.72. The summed E-state index contributed by atoms with van der Waals surface area (Å²) >= 11 is 6.00. The molecule has 4 aromatic rings. The van der Waals surface area contributed by atoms with Gasteiger partial charge in [-0.25, -0.2) is 9.37 Å². The molecule has 5 rings (SSSR count). The number of rotatable bonds is 1. The van der Waals surface area contributed by atoms with E-state index in [1.54, 1.807) is 12.1 Å². The molecule has 27 heavy (non-hydrogen) atoms. The van der Waals surface area contributed by atoms with Crippen molar-refractivity contribution in [1.82, 2.24) is 14.2 Å². The predicted molar refractivity (Wildman–Crippen MR) is 102 cm³/mol. The van der Waals surface area contributed by atoms with Gasteiger partial charge in [-0.3, -0.25) is 4.79 Å². The van der Waals surface area contributed by atoms with E-state index >= 15 is 0 Å². The highest BCUT2D eigenvalue weighted by Gasteiger charge is 2.20. The first-order valence-corrected chi connectivity index (χ1v) is 8.69. The molecule has 0 saturated carbocycles. The van der Waals surface area contributed by atoms with E-state index in [0.717, 1.165) is 11.3 Å². The molecule has 0 spiro atoms. The first-order valence-electron chi connectivity index (χ1n) is 8.32. The van der Waals surface area contributed by atoms with Gasteiger partial charge < -0.3 is 4.57 Å². The molecule has 0 bridgehead atoms. The molecule has 7 heteroatoms. The molecule has 2 aromatic carbocycles. The van der Waals surface area contributed by atoms with Crippen molar-refractivity contribution in [3.8, 4) is 0 Å². The summed E-state index contributed by atoms with van der Waals surface area (Å²) in [4.78, 5) is 17.5. The van der Waals surface area contributed by atoms with E-state index in [4.69, 9.17) is 11.6 Å². The molecule has 0 unspecified atom stereocenters. The molecule has 1 aliphatic rings. The van der Waals surface area contributed by atoms with Crippen molar-refractivity contribution >= 4 is 28.2 Å². The summed E-state index contributed by atoms with van der Waals surface area (Å²) in [6.07, 6.45) is 1.91. The van der Waals surface area contributed by atoms with Gasteiger partial charge in [0.05, 0.1) is 23.1 Å². The molecule has 3 heterocycles. The van der Waals surface area contributed by atoms with Crippen LogP contribution in [0, 0.1) is 5.82 Å². The molecule has 1 aliphatic heterocycles. The topological polar surface area (TPSA) is 52.2 Å². The number of hydrogen-bond donors (Lipinski definition) is 0. The number of nitrogens with zero attached hydrogens (tertiary/aromatic N) is 4. The zero-order chi connectivity index (χ0) is 18.5. The van der Waals surface area contributed by atoms with Crippen molar-refractivity contribution in [2.24, 2.45) is 5.10 Å². The van der Waals surface area contributed by atoms with Crippen LogP contribution in [0.1, 0.15) is 17.1 Å². The summed E-state index contributed by atoms with van der Waals surface area (Å²) in [5.41, 5.74) is 2.35. The van der Waals surface area contributed by atoms with Crippen molar-refractivity contribution in [3.05, 3.63) is 99.1 Å². The standard InChI is InChI=1S/C20H12ClFN4O/c21-13-5-3-12(4-6-13)19-17-2-1-9-25(17)11-18-23-16-8-7-14(22)10-15(16)20(27)26(18)24-19/h1-10H,11H2. The highest BCUT2D eigenvalue weighted by atomic mass is 35.5. The average Bonchev–Trinajstić information content (AvgIpc) is 3.05. The van der Waals surface area contributed by atoms with Crippen LogP contribution in [0.3, 0.4) is 0 Å². The van der Waals surface area contributed by atoms with E-state index in [-0.39, 0.29) is 5.39 Å². The molecule has 132 valence electrons. The van der Waals surface area contributed by atoms with E-state index < -0.39 is 11.4 Å². The molecule has 0 amide bonds. The van der Waals surface area contributed by atoms with Gasteiger partial charge in [0.25, 0.3) is 5.56 Å². The molecule has 0 aliphatic carbocycles. The van der Waals surface area contributed by atoms with Gasteiger partial charge >= 0.3 is 0 Å². The summed E-state index contributed by atoms with van der Waals surface area (Å²) in [5.74, 6) is 0.00394. The molecule has 0 atom stereocenters. The van der Waals surface area contributed by atoms with Crippen LogP contribution in [0.25, 0.3) is 10.9 Å². The van der Waals surface area contributed by atoms with Gasteiger partial charge in [-0.15, -0.1) is 0 Å². The summed E-state index contributed by atoms with van der Waals surface area (Å²) in [6, 6.07) is 15.1. The third kappa shape index (κ3) is 2.57. The van der Waals surface area contributed by atoms with Crippen molar-refractivity contribution in [2.45, 2.75) is 6.54 Å². The maximum absolute atomic E-state index is 13.6. The van der Waals surface area contributed by atoms with Crippen LogP contribution in [0.5, 0.6) is 0 Å². The van der Waals surface area contributed by atoms with Gasteiger partial charge in [-0.1, -0.05) is 23.7 Å². The Hall–Kier alpha value is -3.25. The zero-order valence-corrected chi connectivity index (χ0v) is 14.7. The van der Waals surface area contributed by atoms with E-state index in [1.165, 1.54) is 22.9 Å². The summed E-state index contributed by atoms with van der Waals surface area (Å²) in [5, 5.41) is 5.42. The summed E-state index contributed by atoms with van der Waals surface area (Å²) < 4.78 is 16.9. The average molecular weight is 379 g/mol. The first-order chi connectivity index (χ1) is 13.1. The Kier molecular flexibility index (Phi) is 3.48. The van der Waals surface area contributed by atoms with E-state index in [0.29, 0.717) is 28.6 Å². The number of halogens is 2. The first kappa shape index (κ1) is 16.0. The third-order valence-electron chi connectivity index (χ3n) is 4.58. The third-order valence-corrected chi connectivity index (χ3v) is 4.83. The Morgan fingerprint density at radius 1 is 1.07 bits per heavy atom. The van der Waals surface area contributed by atoms with Crippen molar-refractivity contribution in [1.29, 1.82) is 0 Å². The number of fused-ring (bicyclic) bond motifs is 3. The fraction of sp³-hybridized carbons (Fsp3) is 0.0500. The second-order valence-electron chi connectivity index (χ2n) is 6.28. The molecule has 0 radical (unpaired) electrons. The predicted octanol–water partition coefficient (Wildman–Crippen LogP) is 3.65. The van der Waals surface area contributed by atoms with Gasteiger partial charge in [-0.05, 0) is 42.5 Å². The lowest BCUT2D eigenvalue weighted by Gasteiger charge is -2.08. The minimum atomic E-state index is -0.483. The van der Waals surface area contributed by atoms with Crippen LogP contribution < -0.4 is 5.56 Å².